The number of carbonyl (C=O) groups excluding carboxylic acids is 1. The highest BCUT2D eigenvalue weighted by Gasteiger charge is 2.60. The highest BCUT2D eigenvalue weighted by Crippen LogP contribution is 2.68. The standard InChI is InChI=1S/C25H44N2O2/c1-16(4-9-23(29)27-15-26)20-7-8-21-19-6-5-17-14-18(28)10-12-24(17,2)22(19)11-13-25(20,21)3/h16-22,28H,4-15,26H2,1-3H3,(H,27,29)/t16-,17-,18-,19+,20-,21+,22+,24+,25-/m1/s1. The van der Waals surface area contributed by atoms with E-state index in [-0.39, 0.29) is 18.7 Å². The molecule has 4 saturated carbocycles. The molecule has 4 aliphatic carbocycles. The van der Waals surface area contributed by atoms with Crippen LogP contribution < -0.4 is 11.1 Å². The van der Waals surface area contributed by atoms with Crippen LogP contribution in [0.1, 0.15) is 91.4 Å². The third kappa shape index (κ3) is 3.67. The lowest BCUT2D eigenvalue weighted by Gasteiger charge is -2.61. The predicted octanol–water partition coefficient (Wildman–Crippen LogP) is 4.45. The van der Waals surface area contributed by atoms with E-state index in [1.807, 2.05) is 0 Å². The molecule has 4 fully saturated rings. The first-order chi connectivity index (χ1) is 13.8. The summed E-state index contributed by atoms with van der Waals surface area (Å²) in [5.41, 5.74) is 6.37. The fourth-order valence-corrected chi connectivity index (χ4v) is 8.97. The van der Waals surface area contributed by atoms with E-state index in [4.69, 9.17) is 5.73 Å². The summed E-state index contributed by atoms with van der Waals surface area (Å²) in [5, 5.41) is 13.0. The lowest BCUT2D eigenvalue weighted by Crippen LogP contribution is -2.54. The van der Waals surface area contributed by atoms with Crippen LogP contribution in [0, 0.1) is 46.3 Å². The van der Waals surface area contributed by atoms with E-state index in [0.29, 0.717) is 23.2 Å². The molecular formula is C25H44N2O2. The number of aliphatic hydroxyl groups excluding tert-OH is 1. The number of hydrogen-bond acceptors (Lipinski definition) is 3. The zero-order valence-electron chi connectivity index (χ0n) is 19.0. The topological polar surface area (TPSA) is 75.4 Å². The van der Waals surface area contributed by atoms with Gasteiger partial charge < -0.3 is 16.2 Å². The molecule has 4 nitrogen and oxygen atoms in total. The molecule has 0 spiro atoms. The molecule has 1 amide bonds. The zero-order valence-corrected chi connectivity index (χ0v) is 19.0. The van der Waals surface area contributed by atoms with Crippen molar-refractivity contribution in [1.82, 2.24) is 5.32 Å². The minimum absolute atomic E-state index is 0.0494. The summed E-state index contributed by atoms with van der Waals surface area (Å²) in [6.45, 7) is 7.81. The van der Waals surface area contributed by atoms with Crippen LogP contribution in [-0.4, -0.2) is 23.8 Å². The van der Waals surface area contributed by atoms with Crippen LogP contribution >= 0.6 is 0 Å². The molecule has 29 heavy (non-hydrogen) atoms. The molecule has 0 bridgehead atoms. The number of amides is 1. The van der Waals surface area contributed by atoms with E-state index in [2.05, 4.69) is 26.1 Å². The fraction of sp³-hybridized carbons (Fsp3) is 0.960. The Bertz CT molecular complexity index is 610. The van der Waals surface area contributed by atoms with Gasteiger partial charge >= 0.3 is 0 Å². The van der Waals surface area contributed by atoms with E-state index < -0.39 is 0 Å². The molecule has 0 heterocycles. The predicted molar refractivity (Wildman–Crippen MR) is 117 cm³/mol. The lowest BCUT2D eigenvalue weighted by molar-refractivity contribution is -0.129. The van der Waals surface area contributed by atoms with Gasteiger partial charge in [0.25, 0.3) is 0 Å². The number of nitrogens with two attached hydrogens (primary N) is 1. The first-order valence-corrected chi connectivity index (χ1v) is 12.4. The smallest absolute Gasteiger partial charge is 0.220 e. The highest BCUT2D eigenvalue weighted by molar-refractivity contribution is 5.75. The van der Waals surface area contributed by atoms with Gasteiger partial charge in [-0.3, -0.25) is 4.79 Å². The molecule has 0 unspecified atom stereocenters. The fourth-order valence-electron chi connectivity index (χ4n) is 8.97. The molecule has 0 aromatic rings. The van der Waals surface area contributed by atoms with Crippen molar-refractivity contribution in [1.29, 1.82) is 0 Å². The Balaban J connectivity index is 1.45. The second-order valence-corrected chi connectivity index (χ2v) is 11.6. The van der Waals surface area contributed by atoms with Gasteiger partial charge in [-0.1, -0.05) is 20.8 Å². The second kappa shape index (κ2) is 8.15. The van der Waals surface area contributed by atoms with Crippen LogP contribution in [0.2, 0.25) is 0 Å². The summed E-state index contributed by atoms with van der Waals surface area (Å²) in [5.74, 6) is 4.86. The number of aliphatic hydroxyl groups is 1. The summed E-state index contributed by atoms with van der Waals surface area (Å²) >= 11 is 0. The average molecular weight is 405 g/mol. The van der Waals surface area contributed by atoms with Gasteiger partial charge in [0.1, 0.15) is 0 Å². The molecule has 0 aromatic carbocycles. The minimum Gasteiger partial charge on any atom is -0.393 e. The Kier molecular flexibility index (Phi) is 6.07. The normalized spacial score (nSPS) is 47.6. The largest absolute Gasteiger partial charge is 0.393 e. The molecule has 4 heteroatoms. The van der Waals surface area contributed by atoms with Crippen LogP contribution in [0.3, 0.4) is 0 Å². The van der Waals surface area contributed by atoms with E-state index in [9.17, 15) is 9.90 Å². The third-order valence-electron chi connectivity index (χ3n) is 10.5. The number of hydrogen-bond donors (Lipinski definition) is 3. The van der Waals surface area contributed by atoms with E-state index in [0.717, 1.165) is 48.9 Å². The lowest BCUT2D eigenvalue weighted by atomic mass is 9.44. The number of fused-ring (bicyclic) bond motifs is 5. The minimum atomic E-state index is -0.0494. The van der Waals surface area contributed by atoms with Crippen molar-refractivity contribution in [3.8, 4) is 0 Å². The van der Waals surface area contributed by atoms with Gasteiger partial charge in [-0.25, -0.2) is 0 Å². The maximum Gasteiger partial charge on any atom is 0.220 e. The SMILES string of the molecule is C[C@H](CCC(=O)NCN)[C@H]1CC[C@H]2[C@@H]3CC[C@@H]4C[C@H](O)CC[C@]4(C)[C@H]3CC[C@]12C. The second-order valence-electron chi connectivity index (χ2n) is 11.6. The molecule has 0 aromatic heterocycles. The van der Waals surface area contributed by atoms with Gasteiger partial charge in [-0.2, -0.15) is 0 Å². The van der Waals surface area contributed by atoms with Gasteiger partial charge in [0.15, 0.2) is 0 Å². The maximum atomic E-state index is 11.9. The molecule has 4 N–H and O–H groups in total. The van der Waals surface area contributed by atoms with Gasteiger partial charge in [0.05, 0.1) is 12.8 Å². The summed E-state index contributed by atoms with van der Waals surface area (Å²) in [6, 6.07) is 0. The van der Waals surface area contributed by atoms with Gasteiger partial charge in [0, 0.05) is 6.42 Å². The van der Waals surface area contributed by atoms with Gasteiger partial charge in [-0.05, 0) is 111 Å². The Morgan fingerprint density at radius 1 is 1.07 bits per heavy atom. The van der Waals surface area contributed by atoms with Crippen LogP contribution in [-0.2, 0) is 4.79 Å². The molecular weight excluding hydrogens is 360 g/mol. The van der Waals surface area contributed by atoms with Crippen LogP contribution in [0.5, 0.6) is 0 Å². The Hall–Kier alpha value is -0.610. The van der Waals surface area contributed by atoms with Crippen molar-refractivity contribution in [3.05, 3.63) is 0 Å². The average Bonchev–Trinajstić information content (AvgIpc) is 3.04. The summed E-state index contributed by atoms with van der Waals surface area (Å²) in [7, 11) is 0. The van der Waals surface area contributed by atoms with Crippen molar-refractivity contribution in [2.24, 2.45) is 52.1 Å². The number of rotatable bonds is 5. The van der Waals surface area contributed by atoms with Crippen molar-refractivity contribution >= 4 is 5.91 Å². The Labute approximate surface area is 177 Å². The van der Waals surface area contributed by atoms with Crippen molar-refractivity contribution in [2.45, 2.75) is 97.5 Å². The van der Waals surface area contributed by atoms with Gasteiger partial charge in [-0.15, -0.1) is 0 Å². The van der Waals surface area contributed by atoms with Crippen molar-refractivity contribution < 1.29 is 9.90 Å². The molecule has 9 atom stereocenters. The van der Waals surface area contributed by atoms with E-state index in [1.165, 1.54) is 44.9 Å². The van der Waals surface area contributed by atoms with Crippen molar-refractivity contribution in [3.63, 3.8) is 0 Å². The van der Waals surface area contributed by atoms with Crippen LogP contribution in [0.4, 0.5) is 0 Å². The molecule has 0 radical (unpaired) electrons. The third-order valence-corrected chi connectivity index (χ3v) is 10.5. The molecule has 166 valence electrons. The summed E-state index contributed by atoms with van der Waals surface area (Å²) in [6.07, 6.45) is 13.1. The monoisotopic (exact) mass is 404 g/mol. The maximum absolute atomic E-state index is 11.9. The first kappa shape index (κ1) is 21.6. The quantitative estimate of drug-likeness (QED) is 0.592. The Morgan fingerprint density at radius 2 is 1.79 bits per heavy atom. The van der Waals surface area contributed by atoms with Crippen molar-refractivity contribution in [2.75, 3.05) is 6.67 Å². The Morgan fingerprint density at radius 3 is 2.55 bits per heavy atom. The summed E-state index contributed by atoms with van der Waals surface area (Å²) in [4.78, 5) is 11.9. The number of nitrogens with one attached hydrogen (secondary N) is 1. The molecule has 0 aliphatic heterocycles. The molecule has 0 saturated heterocycles. The highest BCUT2D eigenvalue weighted by atomic mass is 16.3. The van der Waals surface area contributed by atoms with Gasteiger partial charge in [0.2, 0.25) is 5.91 Å². The summed E-state index contributed by atoms with van der Waals surface area (Å²) < 4.78 is 0. The number of carbonyl (C=O) groups is 1. The first-order valence-electron chi connectivity index (χ1n) is 12.4. The van der Waals surface area contributed by atoms with Crippen LogP contribution in [0.25, 0.3) is 0 Å². The van der Waals surface area contributed by atoms with Crippen LogP contribution in [0.15, 0.2) is 0 Å². The molecule has 4 aliphatic rings. The van der Waals surface area contributed by atoms with E-state index in [1.54, 1.807) is 0 Å². The van der Waals surface area contributed by atoms with E-state index >= 15 is 0 Å². The zero-order chi connectivity index (χ0) is 20.8. The molecule has 4 rings (SSSR count).